The molecule has 0 saturated carbocycles. The first-order chi connectivity index (χ1) is 10.3. The third-order valence-corrected chi connectivity index (χ3v) is 4.56. The Morgan fingerprint density at radius 2 is 1.86 bits per heavy atom. The van der Waals surface area contributed by atoms with Crippen LogP contribution in [-0.2, 0) is 13.0 Å². The van der Waals surface area contributed by atoms with E-state index in [-0.39, 0.29) is 18.3 Å². The van der Waals surface area contributed by atoms with Crippen molar-refractivity contribution in [2.75, 3.05) is 19.6 Å². The maximum Gasteiger partial charge on any atom is 0.289 e. The number of fused-ring (bicyclic) bond motifs is 1. The van der Waals surface area contributed by atoms with Gasteiger partial charge in [0, 0.05) is 32.2 Å². The molecular formula is C17H19ClN2O2. The van der Waals surface area contributed by atoms with E-state index >= 15 is 0 Å². The van der Waals surface area contributed by atoms with Gasteiger partial charge in [0.25, 0.3) is 5.91 Å². The zero-order valence-corrected chi connectivity index (χ0v) is 13.1. The molecule has 0 atom stereocenters. The van der Waals surface area contributed by atoms with E-state index in [2.05, 4.69) is 29.2 Å². The summed E-state index contributed by atoms with van der Waals surface area (Å²) in [5, 5.41) is 0. The van der Waals surface area contributed by atoms with E-state index in [0.717, 1.165) is 32.6 Å². The van der Waals surface area contributed by atoms with Crippen LogP contribution in [0.25, 0.3) is 0 Å². The SMILES string of the molecule is Cl.O=C(c1ccco1)N1CC(N2CCc3ccccc3C2)C1. The number of amides is 1. The average molecular weight is 319 g/mol. The summed E-state index contributed by atoms with van der Waals surface area (Å²) >= 11 is 0. The Bertz CT molecular complexity index is 650. The largest absolute Gasteiger partial charge is 0.459 e. The second-order valence-electron chi connectivity index (χ2n) is 5.83. The summed E-state index contributed by atoms with van der Waals surface area (Å²) in [6, 6.07) is 12.6. The van der Waals surface area contributed by atoms with Crippen molar-refractivity contribution in [3.05, 3.63) is 59.5 Å². The highest BCUT2D eigenvalue weighted by molar-refractivity contribution is 5.92. The molecule has 2 aliphatic rings. The zero-order valence-electron chi connectivity index (χ0n) is 12.3. The number of furan rings is 1. The molecule has 0 N–H and O–H groups in total. The summed E-state index contributed by atoms with van der Waals surface area (Å²) in [5.41, 5.74) is 2.90. The molecule has 0 aliphatic carbocycles. The highest BCUT2D eigenvalue weighted by atomic mass is 35.5. The molecule has 1 amide bonds. The van der Waals surface area contributed by atoms with Crippen LogP contribution in [0.3, 0.4) is 0 Å². The molecule has 0 unspecified atom stereocenters. The van der Waals surface area contributed by atoms with Gasteiger partial charge in [-0.25, -0.2) is 0 Å². The summed E-state index contributed by atoms with van der Waals surface area (Å²) in [4.78, 5) is 16.5. The smallest absolute Gasteiger partial charge is 0.289 e. The van der Waals surface area contributed by atoms with Gasteiger partial charge in [0.2, 0.25) is 0 Å². The van der Waals surface area contributed by atoms with Gasteiger partial charge in [0.05, 0.1) is 6.26 Å². The molecule has 1 aromatic carbocycles. The zero-order chi connectivity index (χ0) is 14.2. The average Bonchev–Trinajstić information content (AvgIpc) is 2.99. The topological polar surface area (TPSA) is 36.7 Å². The molecule has 4 nitrogen and oxygen atoms in total. The molecular weight excluding hydrogens is 300 g/mol. The van der Waals surface area contributed by atoms with Crippen molar-refractivity contribution >= 4 is 18.3 Å². The number of carbonyl (C=O) groups excluding carboxylic acids is 1. The van der Waals surface area contributed by atoms with E-state index in [1.54, 1.807) is 18.4 Å². The first-order valence-electron chi connectivity index (χ1n) is 7.45. The van der Waals surface area contributed by atoms with Gasteiger partial charge in [0.1, 0.15) is 0 Å². The summed E-state index contributed by atoms with van der Waals surface area (Å²) < 4.78 is 5.17. The number of hydrogen-bond acceptors (Lipinski definition) is 3. The van der Waals surface area contributed by atoms with Crippen LogP contribution in [0.1, 0.15) is 21.7 Å². The Morgan fingerprint density at radius 3 is 2.59 bits per heavy atom. The highest BCUT2D eigenvalue weighted by Crippen LogP contribution is 2.25. The number of benzene rings is 1. The molecule has 0 radical (unpaired) electrons. The van der Waals surface area contributed by atoms with Gasteiger partial charge in [-0.2, -0.15) is 0 Å². The van der Waals surface area contributed by atoms with Crippen molar-refractivity contribution in [2.24, 2.45) is 0 Å². The molecule has 2 aromatic rings. The van der Waals surface area contributed by atoms with Crippen molar-refractivity contribution in [3.8, 4) is 0 Å². The molecule has 3 heterocycles. The van der Waals surface area contributed by atoms with Crippen LogP contribution in [-0.4, -0.2) is 41.4 Å². The van der Waals surface area contributed by atoms with Crippen LogP contribution < -0.4 is 0 Å². The fourth-order valence-electron chi connectivity index (χ4n) is 3.24. The van der Waals surface area contributed by atoms with Gasteiger partial charge in [-0.05, 0) is 29.7 Å². The van der Waals surface area contributed by atoms with Gasteiger partial charge >= 0.3 is 0 Å². The summed E-state index contributed by atoms with van der Waals surface area (Å²) in [5.74, 6) is 0.450. The van der Waals surface area contributed by atoms with Crippen molar-refractivity contribution in [1.82, 2.24) is 9.80 Å². The van der Waals surface area contributed by atoms with Crippen LogP contribution in [0.2, 0.25) is 0 Å². The number of rotatable bonds is 2. The fraction of sp³-hybridized carbons (Fsp3) is 0.353. The molecule has 5 heteroatoms. The lowest BCUT2D eigenvalue weighted by atomic mass is 9.96. The Morgan fingerprint density at radius 1 is 1.09 bits per heavy atom. The lowest BCUT2D eigenvalue weighted by Gasteiger charge is -2.46. The van der Waals surface area contributed by atoms with Gasteiger partial charge in [-0.15, -0.1) is 12.4 Å². The highest BCUT2D eigenvalue weighted by Gasteiger charge is 2.36. The van der Waals surface area contributed by atoms with Gasteiger partial charge in [-0.3, -0.25) is 9.69 Å². The predicted molar refractivity (Wildman–Crippen MR) is 86.2 cm³/mol. The lowest BCUT2D eigenvalue weighted by Crippen LogP contribution is -2.61. The number of hydrogen-bond donors (Lipinski definition) is 0. The van der Waals surface area contributed by atoms with Crippen molar-refractivity contribution in [3.63, 3.8) is 0 Å². The number of likely N-dealkylation sites (tertiary alicyclic amines) is 1. The van der Waals surface area contributed by atoms with Crippen LogP contribution in [0, 0.1) is 0 Å². The van der Waals surface area contributed by atoms with E-state index in [1.807, 2.05) is 4.90 Å². The summed E-state index contributed by atoms with van der Waals surface area (Å²) in [6.45, 7) is 3.71. The monoisotopic (exact) mass is 318 g/mol. The normalized spacial score (nSPS) is 18.3. The molecule has 1 fully saturated rings. The van der Waals surface area contributed by atoms with E-state index in [9.17, 15) is 4.79 Å². The number of halogens is 1. The molecule has 22 heavy (non-hydrogen) atoms. The molecule has 4 rings (SSSR count). The van der Waals surface area contributed by atoms with Crippen LogP contribution >= 0.6 is 12.4 Å². The van der Waals surface area contributed by atoms with Crippen LogP contribution in [0.5, 0.6) is 0 Å². The summed E-state index contributed by atoms with van der Waals surface area (Å²) in [6.07, 6.45) is 2.66. The quantitative estimate of drug-likeness (QED) is 0.854. The molecule has 1 aromatic heterocycles. The van der Waals surface area contributed by atoms with E-state index in [4.69, 9.17) is 4.42 Å². The minimum Gasteiger partial charge on any atom is -0.459 e. The molecule has 1 saturated heterocycles. The first kappa shape index (κ1) is 15.1. The molecule has 116 valence electrons. The van der Waals surface area contributed by atoms with E-state index in [1.165, 1.54) is 11.1 Å². The fourth-order valence-corrected chi connectivity index (χ4v) is 3.24. The van der Waals surface area contributed by atoms with Gasteiger partial charge < -0.3 is 9.32 Å². The number of carbonyl (C=O) groups is 1. The second kappa shape index (κ2) is 6.15. The summed E-state index contributed by atoms with van der Waals surface area (Å²) in [7, 11) is 0. The van der Waals surface area contributed by atoms with Crippen molar-refractivity contribution < 1.29 is 9.21 Å². The Kier molecular flexibility index (Phi) is 4.23. The van der Waals surface area contributed by atoms with E-state index in [0.29, 0.717) is 11.8 Å². The van der Waals surface area contributed by atoms with Crippen LogP contribution in [0.15, 0.2) is 47.1 Å². The molecule has 0 spiro atoms. The third kappa shape index (κ3) is 2.64. The van der Waals surface area contributed by atoms with Crippen molar-refractivity contribution in [1.29, 1.82) is 0 Å². The molecule has 2 aliphatic heterocycles. The minimum atomic E-state index is 0. The Balaban J connectivity index is 0.00000144. The first-order valence-corrected chi connectivity index (χ1v) is 7.45. The predicted octanol–water partition coefficient (Wildman–Crippen LogP) is 2.58. The lowest BCUT2D eigenvalue weighted by molar-refractivity contribution is 0.0196. The van der Waals surface area contributed by atoms with Crippen LogP contribution in [0.4, 0.5) is 0 Å². The van der Waals surface area contributed by atoms with E-state index < -0.39 is 0 Å². The van der Waals surface area contributed by atoms with Gasteiger partial charge in [0.15, 0.2) is 5.76 Å². The standard InChI is InChI=1S/C17H18N2O2.ClH/c20-17(16-6-3-9-21-16)19-11-15(12-19)18-8-7-13-4-1-2-5-14(13)10-18;/h1-6,9,15H,7-8,10-12H2;1H. The van der Waals surface area contributed by atoms with Crippen molar-refractivity contribution in [2.45, 2.75) is 19.0 Å². The van der Waals surface area contributed by atoms with Gasteiger partial charge in [-0.1, -0.05) is 24.3 Å². The number of nitrogens with zero attached hydrogens (tertiary/aromatic N) is 2. The molecule has 0 bridgehead atoms. The maximum absolute atomic E-state index is 12.1. The maximum atomic E-state index is 12.1. The Labute approximate surface area is 136 Å². The third-order valence-electron chi connectivity index (χ3n) is 4.56. The second-order valence-corrected chi connectivity index (χ2v) is 5.83. The Hall–Kier alpha value is -1.78. The minimum absolute atomic E-state index is 0.